The SMILES string of the molecule is CSc1nc2c(=O)n(C)c(-c3ccc(CO)cc3)nc2s1. The van der Waals surface area contributed by atoms with Gasteiger partial charge in [0.1, 0.15) is 5.82 Å². The fourth-order valence-electron chi connectivity index (χ4n) is 2.04. The summed E-state index contributed by atoms with van der Waals surface area (Å²) in [6, 6.07) is 7.36. The largest absolute Gasteiger partial charge is 0.392 e. The van der Waals surface area contributed by atoms with E-state index in [4.69, 9.17) is 5.11 Å². The molecule has 0 spiro atoms. The molecule has 1 aromatic carbocycles. The fourth-order valence-corrected chi connectivity index (χ4v) is 3.46. The maximum Gasteiger partial charge on any atom is 0.280 e. The molecule has 0 aliphatic carbocycles. The van der Waals surface area contributed by atoms with Crippen LogP contribution in [-0.4, -0.2) is 25.9 Å². The third-order valence-electron chi connectivity index (χ3n) is 3.19. The summed E-state index contributed by atoms with van der Waals surface area (Å²) >= 11 is 2.93. The van der Waals surface area contributed by atoms with Crippen LogP contribution in [0.15, 0.2) is 33.4 Å². The highest BCUT2D eigenvalue weighted by Crippen LogP contribution is 2.27. The number of thiazole rings is 1. The first-order valence-electron chi connectivity index (χ1n) is 6.25. The van der Waals surface area contributed by atoms with E-state index in [0.29, 0.717) is 16.2 Å². The topological polar surface area (TPSA) is 68.0 Å². The Labute approximate surface area is 129 Å². The zero-order valence-electron chi connectivity index (χ0n) is 11.5. The molecule has 0 radical (unpaired) electrons. The second-order valence-corrected chi connectivity index (χ2v) is 6.52. The van der Waals surface area contributed by atoms with Crippen LogP contribution in [0.5, 0.6) is 0 Å². The molecular weight excluding hydrogens is 306 g/mol. The smallest absolute Gasteiger partial charge is 0.280 e. The Bertz CT molecular complexity index is 853. The molecule has 3 aromatic rings. The third kappa shape index (κ3) is 2.48. The summed E-state index contributed by atoms with van der Waals surface area (Å²) in [5.74, 6) is 0.605. The van der Waals surface area contributed by atoms with Gasteiger partial charge in [-0.2, -0.15) is 0 Å². The van der Waals surface area contributed by atoms with Crippen molar-refractivity contribution in [3.63, 3.8) is 0 Å². The number of hydrogen-bond acceptors (Lipinski definition) is 6. The van der Waals surface area contributed by atoms with Crippen LogP contribution < -0.4 is 5.56 Å². The van der Waals surface area contributed by atoms with E-state index in [2.05, 4.69) is 9.97 Å². The molecule has 0 aliphatic heterocycles. The number of thioether (sulfide) groups is 1. The number of nitrogens with zero attached hydrogens (tertiary/aromatic N) is 3. The molecule has 2 aromatic heterocycles. The zero-order chi connectivity index (χ0) is 15.0. The summed E-state index contributed by atoms with van der Waals surface area (Å²) in [7, 11) is 1.70. The van der Waals surface area contributed by atoms with E-state index in [1.54, 1.807) is 7.05 Å². The van der Waals surface area contributed by atoms with Gasteiger partial charge in [-0.1, -0.05) is 47.4 Å². The number of hydrogen-bond donors (Lipinski definition) is 1. The lowest BCUT2D eigenvalue weighted by Crippen LogP contribution is -2.20. The first-order valence-corrected chi connectivity index (χ1v) is 8.30. The third-order valence-corrected chi connectivity index (χ3v) is 5.13. The van der Waals surface area contributed by atoms with Gasteiger partial charge in [-0.3, -0.25) is 9.36 Å². The maximum absolute atomic E-state index is 12.4. The molecule has 0 amide bonds. The van der Waals surface area contributed by atoms with Gasteiger partial charge in [-0.05, 0) is 11.8 Å². The molecule has 0 atom stereocenters. The molecule has 0 bridgehead atoms. The van der Waals surface area contributed by atoms with Gasteiger partial charge >= 0.3 is 0 Å². The quantitative estimate of drug-likeness (QED) is 0.750. The van der Waals surface area contributed by atoms with Gasteiger partial charge in [-0.15, -0.1) is 0 Å². The molecule has 3 rings (SSSR count). The van der Waals surface area contributed by atoms with Crippen LogP contribution in [0.25, 0.3) is 21.7 Å². The Morgan fingerprint density at radius 3 is 2.62 bits per heavy atom. The van der Waals surface area contributed by atoms with Gasteiger partial charge in [0.2, 0.25) is 0 Å². The minimum Gasteiger partial charge on any atom is -0.392 e. The van der Waals surface area contributed by atoms with Crippen molar-refractivity contribution in [1.82, 2.24) is 14.5 Å². The predicted octanol–water partition coefficient (Wildman–Crippen LogP) is 2.27. The highest BCUT2D eigenvalue weighted by atomic mass is 32.2. The molecule has 1 N–H and O–H groups in total. The van der Waals surface area contributed by atoms with Gasteiger partial charge in [-0.25, -0.2) is 9.97 Å². The van der Waals surface area contributed by atoms with Gasteiger partial charge < -0.3 is 5.11 Å². The predicted molar refractivity (Wildman–Crippen MR) is 85.8 cm³/mol. The molecular formula is C14H13N3O2S2. The molecule has 0 fully saturated rings. The van der Waals surface area contributed by atoms with Gasteiger partial charge in [0.15, 0.2) is 14.7 Å². The number of fused-ring (bicyclic) bond motifs is 1. The maximum atomic E-state index is 12.4. The highest BCUT2D eigenvalue weighted by molar-refractivity contribution is 8.00. The normalized spacial score (nSPS) is 11.2. The van der Waals surface area contributed by atoms with Crippen LogP contribution in [0.1, 0.15) is 5.56 Å². The summed E-state index contributed by atoms with van der Waals surface area (Å²) in [6.07, 6.45) is 1.93. The van der Waals surface area contributed by atoms with Crippen molar-refractivity contribution in [3.8, 4) is 11.4 Å². The Kier molecular flexibility index (Phi) is 3.79. The summed E-state index contributed by atoms with van der Waals surface area (Å²) in [5, 5.41) is 9.09. The van der Waals surface area contributed by atoms with Crippen LogP contribution in [0.4, 0.5) is 0 Å². The molecule has 0 saturated heterocycles. The van der Waals surface area contributed by atoms with Crippen molar-refractivity contribution in [1.29, 1.82) is 0 Å². The van der Waals surface area contributed by atoms with E-state index in [1.165, 1.54) is 27.7 Å². The van der Waals surface area contributed by atoms with E-state index >= 15 is 0 Å². The molecule has 21 heavy (non-hydrogen) atoms. The lowest BCUT2D eigenvalue weighted by atomic mass is 10.1. The van der Waals surface area contributed by atoms with E-state index in [1.807, 2.05) is 30.5 Å². The zero-order valence-corrected chi connectivity index (χ0v) is 13.2. The van der Waals surface area contributed by atoms with Crippen LogP contribution in [0.3, 0.4) is 0 Å². The number of aliphatic hydroxyl groups excluding tert-OH is 1. The fraction of sp³-hybridized carbons (Fsp3) is 0.214. The minimum atomic E-state index is -0.141. The average molecular weight is 319 g/mol. The van der Waals surface area contributed by atoms with Crippen LogP contribution >= 0.6 is 23.1 Å². The van der Waals surface area contributed by atoms with Crippen molar-refractivity contribution in [2.24, 2.45) is 7.05 Å². The Morgan fingerprint density at radius 2 is 2.00 bits per heavy atom. The minimum absolute atomic E-state index is 0.00238. The molecule has 2 heterocycles. The van der Waals surface area contributed by atoms with Crippen molar-refractivity contribution < 1.29 is 5.11 Å². The molecule has 7 heteroatoms. The lowest BCUT2D eigenvalue weighted by Gasteiger charge is -2.07. The van der Waals surface area contributed by atoms with Crippen LogP contribution in [-0.2, 0) is 13.7 Å². The van der Waals surface area contributed by atoms with E-state index in [0.717, 1.165) is 15.5 Å². The molecule has 0 unspecified atom stereocenters. The first-order chi connectivity index (χ1) is 10.1. The molecule has 108 valence electrons. The second kappa shape index (κ2) is 5.59. The van der Waals surface area contributed by atoms with Crippen LogP contribution in [0.2, 0.25) is 0 Å². The van der Waals surface area contributed by atoms with Gasteiger partial charge in [0, 0.05) is 12.6 Å². The first kappa shape index (κ1) is 14.2. The lowest BCUT2D eigenvalue weighted by molar-refractivity contribution is 0.282. The number of rotatable bonds is 3. The molecule has 0 aliphatic rings. The van der Waals surface area contributed by atoms with E-state index < -0.39 is 0 Å². The monoisotopic (exact) mass is 319 g/mol. The van der Waals surface area contributed by atoms with E-state index in [9.17, 15) is 4.79 Å². The summed E-state index contributed by atoms with van der Waals surface area (Å²) in [4.78, 5) is 21.9. The second-order valence-electron chi connectivity index (χ2n) is 4.49. The van der Waals surface area contributed by atoms with Crippen molar-refractivity contribution in [2.45, 2.75) is 10.9 Å². The molecule has 5 nitrogen and oxygen atoms in total. The summed E-state index contributed by atoms with van der Waals surface area (Å²) in [6.45, 7) is -0.00238. The Hall–Kier alpha value is -1.70. The standard InChI is InChI=1S/C14H13N3O2S2/c1-17-11(9-5-3-8(7-18)4-6-9)16-12-10(13(17)19)15-14(20-2)21-12/h3-6,18H,7H2,1-2H3. The number of aromatic nitrogens is 3. The number of benzene rings is 1. The van der Waals surface area contributed by atoms with Crippen molar-refractivity contribution in [2.75, 3.05) is 6.26 Å². The average Bonchev–Trinajstić information content (AvgIpc) is 2.94. The highest BCUT2D eigenvalue weighted by Gasteiger charge is 2.14. The summed E-state index contributed by atoms with van der Waals surface area (Å²) < 4.78 is 2.35. The van der Waals surface area contributed by atoms with Crippen molar-refractivity contribution >= 4 is 33.4 Å². The van der Waals surface area contributed by atoms with Gasteiger partial charge in [0.05, 0.1) is 6.61 Å². The van der Waals surface area contributed by atoms with Crippen molar-refractivity contribution in [3.05, 3.63) is 40.2 Å². The number of aliphatic hydroxyl groups is 1. The Morgan fingerprint density at radius 1 is 1.29 bits per heavy atom. The van der Waals surface area contributed by atoms with Gasteiger partial charge in [0.25, 0.3) is 5.56 Å². The molecule has 0 saturated carbocycles. The van der Waals surface area contributed by atoms with E-state index in [-0.39, 0.29) is 12.2 Å². The van der Waals surface area contributed by atoms with Crippen LogP contribution in [0, 0.1) is 0 Å². The summed E-state index contributed by atoms with van der Waals surface area (Å²) in [5.41, 5.74) is 1.94. The Balaban J connectivity index is 2.21.